The summed E-state index contributed by atoms with van der Waals surface area (Å²) in [5.74, 6) is 0.841. The van der Waals surface area contributed by atoms with E-state index in [0.717, 1.165) is 5.56 Å². The monoisotopic (exact) mass is 471 g/mol. The molecular formula is C19H19Cl2N3O3S2. The molecule has 0 bridgehead atoms. The molecule has 0 unspecified atom stereocenters. The van der Waals surface area contributed by atoms with Gasteiger partial charge in [0.05, 0.1) is 14.9 Å². The summed E-state index contributed by atoms with van der Waals surface area (Å²) in [6, 6.07) is 11.9. The van der Waals surface area contributed by atoms with Gasteiger partial charge in [0.1, 0.15) is 0 Å². The molecule has 0 N–H and O–H groups in total. The number of benzene rings is 2. The number of aromatic nitrogens is 2. The van der Waals surface area contributed by atoms with Crippen LogP contribution in [-0.2, 0) is 15.8 Å². The molecule has 1 heterocycles. The van der Waals surface area contributed by atoms with Gasteiger partial charge in [0.2, 0.25) is 15.9 Å². The van der Waals surface area contributed by atoms with Crippen molar-refractivity contribution in [2.24, 2.45) is 0 Å². The molecule has 0 saturated heterocycles. The zero-order valence-electron chi connectivity index (χ0n) is 15.8. The van der Waals surface area contributed by atoms with Gasteiger partial charge in [0.15, 0.2) is 0 Å². The van der Waals surface area contributed by atoms with Gasteiger partial charge >= 0.3 is 0 Å². The highest BCUT2D eigenvalue weighted by atomic mass is 35.5. The van der Waals surface area contributed by atoms with Crippen molar-refractivity contribution in [1.29, 1.82) is 0 Å². The van der Waals surface area contributed by atoms with Gasteiger partial charge in [-0.3, -0.25) is 0 Å². The number of thioether (sulfide) groups is 1. The van der Waals surface area contributed by atoms with Gasteiger partial charge in [-0.25, -0.2) is 8.42 Å². The average Bonchev–Trinajstić information content (AvgIpc) is 3.19. The highest BCUT2D eigenvalue weighted by Gasteiger charge is 2.22. The largest absolute Gasteiger partial charge is 0.411 e. The van der Waals surface area contributed by atoms with Crippen molar-refractivity contribution >= 4 is 45.0 Å². The normalized spacial score (nSPS) is 11.9. The Morgan fingerprint density at radius 1 is 1.03 bits per heavy atom. The summed E-state index contributed by atoms with van der Waals surface area (Å²) in [5, 5.41) is 9.45. The molecule has 0 saturated carbocycles. The van der Waals surface area contributed by atoms with Crippen LogP contribution in [0.2, 0.25) is 10.0 Å². The zero-order chi connectivity index (χ0) is 21.0. The fourth-order valence-electron chi connectivity index (χ4n) is 2.66. The van der Waals surface area contributed by atoms with E-state index < -0.39 is 10.0 Å². The first kappa shape index (κ1) is 22.1. The molecule has 154 valence electrons. The summed E-state index contributed by atoms with van der Waals surface area (Å²) in [6.07, 6.45) is 0. The maximum absolute atomic E-state index is 12.7. The molecule has 0 amide bonds. The summed E-state index contributed by atoms with van der Waals surface area (Å²) in [6.45, 7) is 4.42. The van der Waals surface area contributed by atoms with Crippen molar-refractivity contribution in [2.75, 3.05) is 13.1 Å². The molecule has 6 nitrogen and oxygen atoms in total. The van der Waals surface area contributed by atoms with Gasteiger partial charge in [0, 0.05) is 24.4 Å². The third-order valence-corrected chi connectivity index (χ3v) is 7.85. The van der Waals surface area contributed by atoms with Crippen LogP contribution in [0.15, 0.2) is 57.0 Å². The quantitative estimate of drug-likeness (QED) is 0.411. The predicted molar refractivity (Wildman–Crippen MR) is 116 cm³/mol. The van der Waals surface area contributed by atoms with Crippen molar-refractivity contribution in [1.82, 2.24) is 14.5 Å². The highest BCUT2D eigenvalue weighted by Crippen LogP contribution is 2.29. The molecular weight excluding hydrogens is 453 g/mol. The van der Waals surface area contributed by atoms with E-state index >= 15 is 0 Å². The lowest BCUT2D eigenvalue weighted by molar-refractivity contribution is 0.445. The van der Waals surface area contributed by atoms with E-state index in [1.807, 2.05) is 6.07 Å². The molecule has 1 aromatic heterocycles. The fraction of sp³-hybridized carbons (Fsp3) is 0.263. The number of hydrogen-bond acceptors (Lipinski definition) is 6. The maximum Gasteiger partial charge on any atom is 0.277 e. The molecule has 0 atom stereocenters. The topological polar surface area (TPSA) is 76.3 Å². The first-order valence-electron chi connectivity index (χ1n) is 8.86. The third kappa shape index (κ3) is 5.13. The van der Waals surface area contributed by atoms with Crippen molar-refractivity contribution in [3.05, 3.63) is 58.1 Å². The van der Waals surface area contributed by atoms with E-state index in [1.165, 1.54) is 16.1 Å². The Bertz CT molecular complexity index is 1100. The predicted octanol–water partition coefficient (Wildman–Crippen LogP) is 5.37. The summed E-state index contributed by atoms with van der Waals surface area (Å²) in [7, 11) is -3.56. The van der Waals surface area contributed by atoms with Crippen LogP contribution < -0.4 is 0 Å². The number of nitrogens with zero attached hydrogens (tertiary/aromatic N) is 3. The van der Waals surface area contributed by atoms with E-state index in [9.17, 15) is 8.42 Å². The van der Waals surface area contributed by atoms with E-state index in [-0.39, 0.29) is 10.8 Å². The first-order chi connectivity index (χ1) is 13.8. The molecule has 3 rings (SSSR count). The summed E-state index contributed by atoms with van der Waals surface area (Å²) >= 11 is 13.3. The van der Waals surface area contributed by atoms with Crippen molar-refractivity contribution in [3.63, 3.8) is 0 Å². The van der Waals surface area contributed by atoms with Gasteiger partial charge in [-0.1, -0.05) is 60.9 Å². The minimum atomic E-state index is -3.56. The molecule has 0 aliphatic heterocycles. The molecule has 29 heavy (non-hydrogen) atoms. The Balaban J connectivity index is 1.77. The van der Waals surface area contributed by atoms with Crippen LogP contribution >= 0.6 is 35.0 Å². The Morgan fingerprint density at radius 3 is 2.48 bits per heavy atom. The lowest BCUT2D eigenvalue weighted by Gasteiger charge is -2.18. The van der Waals surface area contributed by atoms with Crippen molar-refractivity contribution in [2.45, 2.75) is 29.7 Å². The zero-order valence-corrected chi connectivity index (χ0v) is 18.9. The molecule has 10 heteroatoms. The minimum absolute atomic E-state index is 0.196. The minimum Gasteiger partial charge on any atom is -0.411 e. The van der Waals surface area contributed by atoms with Crippen LogP contribution in [-0.4, -0.2) is 36.0 Å². The molecule has 0 fully saturated rings. The second-order valence-corrected chi connectivity index (χ2v) is 9.71. The Kier molecular flexibility index (Phi) is 7.23. The van der Waals surface area contributed by atoms with Crippen molar-refractivity contribution < 1.29 is 12.8 Å². The SMILES string of the molecule is CCN(CC)S(=O)(=O)c1cccc(-c2nnc(SCc3ccc(Cl)c(Cl)c3)o2)c1. The van der Waals surface area contributed by atoms with Crippen molar-refractivity contribution in [3.8, 4) is 11.5 Å². The van der Waals surface area contributed by atoms with E-state index in [1.54, 1.807) is 50.2 Å². The van der Waals surface area contributed by atoms with Crippen LogP contribution in [0.4, 0.5) is 0 Å². The highest BCUT2D eigenvalue weighted by molar-refractivity contribution is 7.98. The molecule has 3 aromatic rings. The smallest absolute Gasteiger partial charge is 0.277 e. The van der Waals surface area contributed by atoms with Gasteiger partial charge < -0.3 is 4.42 Å². The second kappa shape index (κ2) is 9.49. The lowest BCUT2D eigenvalue weighted by Crippen LogP contribution is -2.30. The maximum atomic E-state index is 12.7. The standard InChI is InChI=1S/C19H19Cl2N3O3S2/c1-3-24(4-2)29(25,26)15-7-5-6-14(11-15)18-22-23-19(27-18)28-12-13-8-9-16(20)17(21)10-13/h5-11H,3-4,12H2,1-2H3. The van der Waals surface area contributed by atoms with Gasteiger partial charge in [0.25, 0.3) is 5.22 Å². The first-order valence-corrected chi connectivity index (χ1v) is 12.0. The molecule has 0 aliphatic rings. The van der Waals surface area contributed by atoms with E-state index in [0.29, 0.717) is 39.7 Å². The van der Waals surface area contributed by atoms with E-state index in [2.05, 4.69) is 10.2 Å². The lowest BCUT2D eigenvalue weighted by atomic mass is 10.2. The second-order valence-electron chi connectivity index (χ2n) is 6.03. The van der Waals surface area contributed by atoms with Crippen LogP contribution in [0, 0.1) is 0 Å². The molecule has 2 aromatic carbocycles. The third-order valence-electron chi connectivity index (χ3n) is 4.18. The number of rotatable bonds is 8. The van der Waals surface area contributed by atoms with Crippen LogP contribution in [0.1, 0.15) is 19.4 Å². The van der Waals surface area contributed by atoms with Crippen LogP contribution in [0.5, 0.6) is 0 Å². The van der Waals surface area contributed by atoms with Gasteiger partial charge in [-0.2, -0.15) is 4.31 Å². The van der Waals surface area contributed by atoms with Crippen LogP contribution in [0.3, 0.4) is 0 Å². The Morgan fingerprint density at radius 2 is 1.79 bits per heavy atom. The molecule has 0 spiro atoms. The Hall–Kier alpha value is -1.58. The summed E-state index contributed by atoms with van der Waals surface area (Å²) in [5.41, 5.74) is 1.52. The van der Waals surface area contributed by atoms with Crippen LogP contribution in [0.25, 0.3) is 11.5 Å². The summed E-state index contributed by atoms with van der Waals surface area (Å²) in [4.78, 5) is 0.196. The number of sulfonamides is 1. The fourth-order valence-corrected chi connectivity index (χ4v) is 5.19. The number of halogens is 2. The average molecular weight is 472 g/mol. The molecule has 0 radical (unpaired) electrons. The van der Waals surface area contributed by atoms with Gasteiger partial charge in [-0.15, -0.1) is 10.2 Å². The van der Waals surface area contributed by atoms with Gasteiger partial charge in [-0.05, 0) is 35.9 Å². The summed E-state index contributed by atoms with van der Waals surface area (Å²) < 4.78 is 32.6. The number of hydrogen-bond donors (Lipinski definition) is 0. The Labute approximate surface area is 184 Å². The molecule has 0 aliphatic carbocycles. The van der Waals surface area contributed by atoms with E-state index in [4.69, 9.17) is 27.6 Å².